The van der Waals surface area contributed by atoms with E-state index < -0.39 is 23.1 Å². The van der Waals surface area contributed by atoms with Crippen molar-refractivity contribution in [1.82, 2.24) is 39.7 Å². The van der Waals surface area contributed by atoms with Gasteiger partial charge in [-0.1, -0.05) is 21.6 Å². The minimum atomic E-state index is -0.587. The summed E-state index contributed by atoms with van der Waals surface area (Å²) >= 11 is 0. The second-order valence-corrected chi connectivity index (χ2v) is 13.9. The van der Waals surface area contributed by atoms with Crippen molar-refractivity contribution in [3.63, 3.8) is 0 Å². The first-order valence-corrected chi connectivity index (χ1v) is 18.6. The second-order valence-electron chi connectivity index (χ2n) is 11.6. The predicted molar refractivity (Wildman–Crippen MR) is 201 cm³/mol. The van der Waals surface area contributed by atoms with Crippen LogP contribution in [0.3, 0.4) is 0 Å². The third-order valence-electron chi connectivity index (χ3n) is 7.77. The van der Waals surface area contributed by atoms with Gasteiger partial charge in [-0.3, -0.25) is 29.1 Å². The minimum Gasteiger partial charge on any atom is -0.462 e. The van der Waals surface area contributed by atoms with E-state index in [-0.39, 0.29) is 61.4 Å². The Morgan fingerprint density at radius 2 is 1.11 bits per heavy atom. The van der Waals surface area contributed by atoms with Gasteiger partial charge in [-0.2, -0.15) is 0 Å². The standard InChI is InChI=1S/C36H38N8O8S2/c1-23(43(21-45)19-29-17-39-25(3)41-33(29)47)31(9-13-51-35(49)27-7-5-11-37-15-27)53-54-32(10-14-52-36(50)28-8-6-12-38-16-28)24(2)44(22-46)20-30-18-40-26(4)42-34(30)48/h5-8,11-12,15-18,21-22H,9-10,13-14,19-20H2,1-4H3,(H,39,41,47)(H,40,42,48)/b31-23-,32-24+. The molecule has 4 rings (SSSR count). The second kappa shape index (κ2) is 20.4. The molecule has 0 spiro atoms. The van der Waals surface area contributed by atoms with Crippen LogP contribution in [0.1, 0.15) is 70.2 Å². The Balaban J connectivity index is 1.64. The Hall–Kier alpha value is -5.88. The molecule has 0 fully saturated rings. The molecule has 0 unspecified atom stereocenters. The van der Waals surface area contributed by atoms with Crippen LogP contribution in [0.5, 0.6) is 0 Å². The number of allylic oxidation sites excluding steroid dienone is 2. The number of pyridine rings is 2. The van der Waals surface area contributed by atoms with Gasteiger partial charge >= 0.3 is 11.9 Å². The lowest BCUT2D eigenvalue weighted by Gasteiger charge is -2.24. The van der Waals surface area contributed by atoms with Crippen LogP contribution in [0.25, 0.3) is 0 Å². The number of hydrogen-bond donors (Lipinski definition) is 2. The summed E-state index contributed by atoms with van der Waals surface area (Å²) in [5, 5.41) is 0. The fraction of sp³-hybridized carbons (Fsp3) is 0.278. The molecule has 0 bridgehead atoms. The predicted octanol–water partition coefficient (Wildman–Crippen LogP) is 4.22. The maximum atomic E-state index is 12.7. The van der Waals surface area contributed by atoms with E-state index in [2.05, 4.69) is 29.9 Å². The van der Waals surface area contributed by atoms with Crippen molar-refractivity contribution in [3.05, 3.63) is 137 Å². The number of hydrogen-bond acceptors (Lipinski definition) is 14. The van der Waals surface area contributed by atoms with Crippen molar-refractivity contribution >= 4 is 46.3 Å². The molecule has 2 N–H and O–H groups in total. The molecule has 2 amide bonds. The number of esters is 2. The molecule has 0 saturated carbocycles. The SMILES string of the molecule is C/C(=C(\CCOC(=O)c1cccnc1)SS/C(CCOC(=O)c1cccnc1)=C(\C)N(C=O)Cc1cnc(C)[nH]c1=O)N(C=O)Cc1cnc(C)[nH]c1=O. The van der Waals surface area contributed by atoms with E-state index in [0.29, 0.717) is 45.7 Å². The number of nitrogens with zero attached hydrogens (tertiary/aromatic N) is 6. The highest BCUT2D eigenvalue weighted by atomic mass is 33.1. The number of ether oxygens (including phenoxy) is 2. The maximum absolute atomic E-state index is 12.7. The Morgan fingerprint density at radius 1 is 0.704 bits per heavy atom. The zero-order valence-corrected chi connectivity index (χ0v) is 31.6. The summed E-state index contributed by atoms with van der Waals surface area (Å²) in [5.41, 5.74) is 1.17. The van der Waals surface area contributed by atoms with Gasteiger partial charge in [-0.15, -0.1) is 0 Å². The van der Waals surface area contributed by atoms with Crippen molar-refractivity contribution in [1.29, 1.82) is 0 Å². The summed E-state index contributed by atoms with van der Waals surface area (Å²) in [6, 6.07) is 6.37. The maximum Gasteiger partial charge on any atom is 0.339 e. The van der Waals surface area contributed by atoms with Crippen LogP contribution >= 0.6 is 21.6 Å². The van der Waals surface area contributed by atoms with E-state index in [0.717, 1.165) is 0 Å². The Bertz CT molecular complexity index is 1970. The quantitative estimate of drug-likeness (QED) is 0.0777. The van der Waals surface area contributed by atoms with Crippen molar-refractivity contribution < 1.29 is 28.7 Å². The summed E-state index contributed by atoms with van der Waals surface area (Å²) < 4.78 is 11.1. The van der Waals surface area contributed by atoms with Crippen LogP contribution < -0.4 is 11.1 Å². The molecular formula is C36H38N8O8S2. The number of aromatic nitrogens is 6. The third kappa shape index (κ3) is 11.8. The molecule has 0 radical (unpaired) electrons. The van der Waals surface area contributed by atoms with Crippen LogP contribution in [-0.2, 0) is 32.2 Å². The van der Waals surface area contributed by atoms with E-state index in [1.807, 2.05) is 0 Å². The zero-order chi connectivity index (χ0) is 39.0. The molecule has 54 heavy (non-hydrogen) atoms. The van der Waals surface area contributed by atoms with Crippen LogP contribution in [0.2, 0.25) is 0 Å². The van der Waals surface area contributed by atoms with E-state index in [1.54, 1.807) is 52.0 Å². The third-order valence-corrected chi connectivity index (χ3v) is 10.7. The zero-order valence-electron chi connectivity index (χ0n) is 29.9. The molecule has 0 aliphatic carbocycles. The van der Waals surface area contributed by atoms with Gasteiger partial charge < -0.3 is 29.2 Å². The molecule has 4 aromatic rings. The van der Waals surface area contributed by atoms with Gasteiger partial charge in [0.05, 0.1) is 48.6 Å². The largest absolute Gasteiger partial charge is 0.462 e. The number of aryl methyl sites for hydroxylation is 2. The number of amides is 2. The molecule has 0 saturated heterocycles. The normalized spacial score (nSPS) is 11.9. The lowest BCUT2D eigenvalue weighted by atomic mass is 10.2. The Labute approximate surface area is 317 Å². The van der Waals surface area contributed by atoms with Gasteiger partial charge in [0.15, 0.2) is 0 Å². The monoisotopic (exact) mass is 774 g/mol. The number of nitrogens with one attached hydrogen (secondary N) is 2. The van der Waals surface area contributed by atoms with Crippen molar-refractivity contribution in [3.8, 4) is 0 Å². The molecule has 16 nitrogen and oxygen atoms in total. The summed E-state index contributed by atoms with van der Waals surface area (Å²) in [6.07, 6.45) is 10.1. The summed E-state index contributed by atoms with van der Waals surface area (Å²) in [6.45, 7) is 6.34. The molecule has 0 aromatic carbocycles. The van der Waals surface area contributed by atoms with Gasteiger partial charge in [-0.25, -0.2) is 19.6 Å². The average molecular weight is 775 g/mol. The van der Waals surface area contributed by atoms with E-state index >= 15 is 0 Å². The van der Waals surface area contributed by atoms with Crippen LogP contribution in [0, 0.1) is 13.8 Å². The first kappa shape index (κ1) is 40.9. The molecule has 4 heterocycles. The average Bonchev–Trinajstić information content (AvgIpc) is 3.17. The number of rotatable bonds is 19. The minimum absolute atomic E-state index is 0.0717. The van der Waals surface area contributed by atoms with Crippen LogP contribution in [0.4, 0.5) is 0 Å². The number of carbonyl (C=O) groups excluding carboxylic acids is 4. The first-order valence-electron chi connectivity index (χ1n) is 16.4. The van der Waals surface area contributed by atoms with E-state index in [4.69, 9.17) is 9.47 Å². The number of carbonyl (C=O) groups is 4. The van der Waals surface area contributed by atoms with Crippen LogP contribution in [0.15, 0.2) is 92.2 Å². The Morgan fingerprint density at radius 3 is 1.44 bits per heavy atom. The number of aromatic amines is 2. The fourth-order valence-corrected chi connectivity index (χ4v) is 7.51. The molecule has 18 heteroatoms. The highest BCUT2D eigenvalue weighted by Gasteiger charge is 2.20. The summed E-state index contributed by atoms with van der Waals surface area (Å²) in [7, 11) is 2.46. The molecule has 0 aliphatic heterocycles. The van der Waals surface area contributed by atoms with Gasteiger partial charge in [-0.05, 0) is 52.0 Å². The lowest BCUT2D eigenvalue weighted by molar-refractivity contribution is -0.117. The van der Waals surface area contributed by atoms with Gasteiger partial charge in [0.25, 0.3) is 11.1 Å². The Kier molecular flexibility index (Phi) is 15.4. The summed E-state index contributed by atoms with van der Waals surface area (Å²) in [4.78, 5) is 101. The highest BCUT2D eigenvalue weighted by molar-refractivity contribution is 8.79. The van der Waals surface area contributed by atoms with Gasteiger partial charge in [0.1, 0.15) is 11.6 Å². The van der Waals surface area contributed by atoms with Gasteiger partial charge in [0, 0.05) is 71.2 Å². The van der Waals surface area contributed by atoms with Crippen LogP contribution in [-0.4, -0.2) is 77.7 Å². The van der Waals surface area contributed by atoms with Crippen molar-refractivity contribution in [2.75, 3.05) is 13.2 Å². The molecule has 0 atom stereocenters. The fourth-order valence-electron chi connectivity index (χ4n) is 4.68. The molecule has 0 aliphatic rings. The molecular weight excluding hydrogens is 737 g/mol. The smallest absolute Gasteiger partial charge is 0.339 e. The number of H-pyrrole nitrogens is 2. The van der Waals surface area contributed by atoms with E-state index in [1.165, 1.54) is 68.6 Å². The van der Waals surface area contributed by atoms with Gasteiger partial charge in [0.2, 0.25) is 12.8 Å². The van der Waals surface area contributed by atoms with Crippen molar-refractivity contribution in [2.45, 2.75) is 53.6 Å². The molecule has 282 valence electrons. The topological polar surface area (TPSA) is 210 Å². The van der Waals surface area contributed by atoms with Crippen molar-refractivity contribution in [2.24, 2.45) is 0 Å². The first-order chi connectivity index (χ1) is 26.0. The summed E-state index contributed by atoms with van der Waals surface area (Å²) in [5.74, 6) is -0.331. The van der Waals surface area contributed by atoms with E-state index in [9.17, 15) is 28.8 Å². The molecule has 4 aromatic heterocycles. The highest BCUT2D eigenvalue weighted by Crippen LogP contribution is 2.43. The lowest BCUT2D eigenvalue weighted by Crippen LogP contribution is -2.26.